The Labute approximate surface area is 92.7 Å². The maximum absolute atomic E-state index is 10.5. The smallest absolute Gasteiger partial charge is 0.131 e. The highest BCUT2D eigenvalue weighted by atomic mass is 16.3. The zero-order valence-electron chi connectivity index (χ0n) is 9.74. The average molecular weight is 207 g/mol. The van der Waals surface area contributed by atoms with Gasteiger partial charge in [-0.1, -0.05) is 18.8 Å². The van der Waals surface area contributed by atoms with Crippen LogP contribution in [0.5, 0.6) is 0 Å². The van der Waals surface area contributed by atoms with Gasteiger partial charge in [0.15, 0.2) is 0 Å². The molecule has 0 radical (unpaired) electrons. The molecule has 0 bridgehead atoms. The summed E-state index contributed by atoms with van der Waals surface area (Å²) in [6.45, 7) is 2.16. The highest BCUT2D eigenvalue weighted by Gasteiger charge is 2.48. The van der Waals surface area contributed by atoms with E-state index in [1.165, 1.54) is 19.3 Å². The molecule has 0 unspecified atom stereocenters. The summed E-state index contributed by atoms with van der Waals surface area (Å²) >= 11 is 0. The van der Waals surface area contributed by atoms with E-state index in [2.05, 4.69) is 24.8 Å². The number of likely N-dealkylation sites (tertiary alicyclic amines) is 1. The van der Waals surface area contributed by atoms with Crippen molar-refractivity contribution in [2.24, 2.45) is 5.92 Å². The maximum atomic E-state index is 10.5. The van der Waals surface area contributed by atoms with Gasteiger partial charge in [0.25, 0.3) is 0 Å². The van der Waals surface area contributed by atoms with Gasteiger partial charge in [-0.15, -0.1) is 6.42 Å². The first-order chi connectivity index (χ1) is 7.08. The Morgan fingerprint density at radius 3 is 2.73 bits per heavy atom. The first kappa shape index (κ1) is 11.0. The van der Waals surface area contributed by atoms with Gasteiger partial charge in [0.2, 0.25) is 0 Å². The Kier molecular flexibility index (Phi) is 2.79. The van der Waals surface area contributed by atoms with Crippen LogP contribution in [0.25, 0.3) is 0 Å². The van der Waals surface area contributed by atoms with Gasteiger partial charge >= 0.3 is 0 Å². The zero-order chi connectivity index (χ0) is 11.1. The van der Waals surface area contributed by atoms with E-state index in [-0.39, 0.29) is 5.92 Å². The highest BCUT2D eigenvalue weighted by Crippen LogP contribution is 2.42. The van der Waals surface area contributed by atoms with Crippen LogP contribution in [0.2, 0.25) is 0 Å². The molecule has 0 aromatic carbocycles. The number of rotatable bonds is 0. The molecule has 1 N–H and O–H groups in total. The van der Waals surface area contributed by atoms with Crippen molar-refractivity contribution in [3.05, 3.63) is 0 Å². The molecule has 0 aromatic rings. The van der Waals surface area contributed by atoms with Gasteiger partial charge < -0.3 is 10.0 Å². The molecule has 1 aliphatic heterocycles. The monoisotopic (exact) mass is 207 g/mol. The third-order valence-corrected chi connectivity index (χ3v) is 4.42. The Bertz CT molecular complexity index is 283. The summed E-state index contributed by atoms with van der Waals surface area (Å²) in [5.41, 5.74) is -0.850. The molecule has 2 rings (SSSR count). The average Bonchev–Trinajstić information content (AvgIpc) is 2.26. The van der Waals surface area contributed by atoms with Gasteiger partial charge in [0, 0.05) is 24.4 Å². The van der Waals surface area contributed by atoms with Crippen molar-refractivity contribution in [2.45, 2.75) is 56.7 Å². The molecule has 1 saturated heterocycles. The first-order valence-electron chi connectivity index (χ1n) is 6.00. The second-order valence-corrected chi connectivity index (χ2v) is 5.25. The van der Waals surface area contributed by atoms with Crippen molar-refractivity contribution in [1.29, 1.82) is 0 Å². The molecular weight excluding hydrogens is 186 g/mol. The van der Waals surface area contributed by atoms with Gasteiger partial charge in [-0.25, -0.2) is 0 Å². The largest absolute Gasteiger partial charge is 0.377 e. The quantitative estimate of drug-likeness (QED) is 0.610. The summed E-state index contributed by atoms with van der Waals surface area (Å²) in [5.74, 6) is 2.95. The third-order valence-electron chi connectivity index (χ3n) is 4.42. The molecule has 1 aliphatic carbocycles. The Balaban J connectivity index is 2.27. The zero-order valence-corrected chi connectivity index (χ0v) is 9.74. The fourth-order valence-corrected chi connectivity index (χ4v) is 3.39. The number of fused-ring (bicyclic) bond motifs is 1. The minimum Gasteiger partial charge on any atom is -0.377 e. The van der Waals surface area contributed by atoms with E-state index in [4.69, 9.17) is 6.42 Å². The molecule has 1 saturated carbocycles. The number of hydrogen-bond donors (Lipinski definition) is 1. The topological polar surface area (TPSA) is 23.5 Å². The van der Waals surface area contributed by atoms with E-state index >= 15 is 0 Å². The number of piperidine rings is 1. The molecule has 4 atom stereocenters. The van der Waals surface area contributed by atoms with Crippen LogP contribution in [-0.2, 0) is 0 Å². The highest BCUT2D eigenvalue weighted by molar-refractivity contribution is 5.17. The van der Waals surface area contributed by atoms with Crippen LogP contribution in [0, 0.1) is 18.3 Å². The van der Waals surface area contributed by atoms with Gasteiger partial charge in [-0.05, 0) is 26.8 Å². The lowest BCUT2D eigenvalue weighted by Gasteiger charge is -2.52. The fourth-order valence-electron chi connectivity index (χ4n) is 3.39. The van der Waals surface area contributed by atoms with Gasteiger partial charge in [0.1, 0.15) is 5.60 Å². The van der Waals surface area contributed by atoms with E-state index in [0.717, 1.165) is 12.8 Å². The minimum absolute atomic E-state index is 0.289. The van der Waals surface area contributed by atoms with E-state index in [1.807, 2.05) is 0 Å². The van der Waals surface area contributed by atoms with E-state index in [1.54, 1.807) is 0 Å². The van der Waals surface area contributed by atoms with Crippen molar-refractivity contribution < 1.29 is 5.11 Å². The molecule has 2 heteroatoms. The predicted octanol–water partition coefficient (Wildman–Crippen LogP) is 1.63. The van der Waals surface area contributed by atoms with Crippen molar-refractivity contribution in [2.75, 3.05) is 7.05 Å². The summed E-state index contributed by atoms with van der Waals surface area (Å²) in [6, 6.07) is 0.883. The van der Waals surface area contributed by atoms with E-state index in [9.17, 15) is 5.11 Å². The lowest BCUT2D eigenvalue weighted by Crippen LogP contribution is -2.60. The number of aliphatic hydroxyl groups is 1. The summed E-state index contributed by atoms with van der Waals surface area (Å²) in [5, 5.41) is 10.5. The molecule has 0 spiro atoms. The Morgan fingerprint density at radius 2 is 2.07 bits per heavy atom. The standard InChI is InChI=1S/C13H21NO/c1-4-13(15)9-10(2)14(3)12-8-6-5-7-11(12)13/h1,10-12,15H,5-9H2,2-3H3/t10-,11+,12+,13+/m0/s1. The van der Waals surface area contributed by atoms with Crippen molar-refractivity contribution in [3.8, 4) is 12.3 Å². The second kappa shape index (κ2) is 3.81. The van der Waals surface area contributed by atoms with Crippen LogP contribution in [0.15, 0.2) is 0 Å². The number of hydrogen-bond acceptors (Lipinski definition) is 2. The van der Waals surface area contributed by atoms with Crippen molar-refractivity contribution in [1.82, 2.24) is 4.90 Å². The third kappa shape index (κ3) is 1.68. The number of nitrogens with zero attached hydrogens (tertiary/aromatic N) is 1. The normalized spacial score (nSPS) is 46.9. The molecule has 84 valence electrons. The molecule has 15 heavy (non-hydrogen) atoms. The molecular formula is C13H21NO. The summed E-state index contributed by atoms with van der Waals surface area (Å²) < 4.78 is 0. The molecule has 0 amide bonds. The molecule has 2 aliphatic rings. The van der Waals surface area contributed by atoms with Crippen LogP contribution in [0.3, 0.4) is 0 Å². The Hall–Kier alpha value is -0.520. The summed E-state index contributed by atoms with van der Waals surface area (Å²) in [4.78, 5) is 2.41. The van der Waals surface area contributed by atoms with Gasteiger partial charge in [-0.2, -0.15) is 0 Å². The fraction of sp³-hybridized carbons (Fsp3) is 0.846. The van der Waals surface area contributed by atoms with Crippen LogP contribution in [-0.4, -0.2) is 34.7 Å². The Morgan fingerprint density at radius 1 is 1.40 bits per heavy atom. The maximum Gasteiger partial charge on any atom is 0.131 e. The summed E-state index contributed by atoms with van der Waals surface area (Å²) in [7, 11) is 2.17. The first-order valence-corrected chi connectivity index (χ1v) is 6.00. The van der Waals surface area contributed by atoms with Crippen LogP contribution >= 0.6 is 0 Å². The summed E-state index contributed by atoms with van der Waals surface area (Å²) in [6.07, 6.45) is 11.0. The predicted molar refractivity (Wildman–Crippen MR) is 61.4 cm³/mol. The van der Waals surface area contributed by atoms with Crippen LogP contribution in [0.1, 0.15) is 39.0 Å². The lowest BCUT2D eigenvalue weighted by atomic mass is 9.68. The van der Waals surface area contributed by atoms with Crippen molar-refractivity contribution >= 4 is 0 Å². The molecule has 1 heterocycles. The van der Waals surface area contributed by atoms with Crippen LogP contribution in [0.4, 0.5) is 0 Å². The minimum atomic E-state index is -0.850. The van der Waals surface area contributed by atoms with Gasteiger partial charge in [0.05, 0.1) is 0 Å². The molecule has 2 nitrogen and oxygen atoms in total. The number of terminal acetylenes is 1. The second-order valence-electron chi connectivity index (χ2n) is 5.25. The van der Waals surface area contributed by atoms with Crippen LogP contribution < -0.4 is 0 Å². The van der Waals surface area contributed by atoms with E-state index in [0.29, 0.717) is 12.1 Å². The van der Waals surface area contributed by atoms with E-state index < -0.39 is 5.60 Å². The SMILES string of the molecule is C#C[C@@]1(O)C[C@H](C)N(C)[C@@H]2CCCC[C@H]21. The van der Waals surface area contributed by atoms with Crippen molar-refractivity contribution in [3.63, 3.8) is 0 Å². The van der Waals surface area contributed by atoms with Gasteiger partial charge in [-0.3, -0.25) is 0 Å². The lowest BCUT2D eigenvalue weighted by molar-refractivity contribution is -0.0913. The molecule has 0 aromatic heterocycles. The molecule has 2 fully saturated rings.